The number of hydrogen-bond donors (Lipinski definition) is 1. The van der Waals surface area contributed by atoms with Gasteiger partial charge in [-0.3, -0.25) is 0 Å². The second-order valence-electron chi connectivity index (χ2n) is 9.67. The predicted molar refractivity (Wildman–Crippen MR) is 127 cm³/mol. The molecule has 1 heterocycles. The molecule has 2 atom stereocenters. The number of fused-ring (bicyclic) bond motifs is 1. The third-order valence-corrected chi connectivity index (χ3v) is 7.69. The second kappa shape index (κ2) is 7.57. The summed E-state index contributed by atoms with van der Waals surface area (Å²) in [4.78, 5) is 1.33. The highest BCUT2D eigenvalue weighted by Gasteiger charge is 2.44. The van der Waals surface area contributed by atoms with Crippen molar-refractivity contribution in [3.05, 3.63) is 95.6 Å². The largest absolute Gasteiger partial charge is 0.377 e. The first kappa shape index (κ1) is 20.1. The lowest BCUT2D eigenvalue weighted by Gasteiger charge is -2.47. The van der Waals surface area contributed by atoms with E-state index in [1.807, 2.05) is 11.8 Å². The zero-order valence-electron chi connectivity index (χ0n) is 18.1. The number of nitrogens with one attached hydrogen (secondary N) is 1. The number of hydrogen-bond acceptors (Lipinski definition) is 2. The maximum absolute atomic E-state index is 3.88. The van der Waals surface area contributed by atoms with Crippen molar-refractivity contribution in [2.45, 2.75) is 56.2 Å². The monoisotopic (exact) mass is 401 g/mol. The lowest BCUT2D eigenvalue weighted by molar-refractivity contribution is 0.288. The van der Waals surface area contributed by atoms with E-state index in [1.165, 1.54) is 27.3 Å². The van der Waals surface area contributed by atoms with Crippen LogP contribution in [0.4, 0.5) is 5.69 Å². The number of rotatable bonds is 3. The molecule has 1 N–H and O–H groups in total. The quantitative estimate of drug-likeness (QED) is 0.477. The van der Waals surface area contributed by atoms with Crippen LogP contribution >= 0.6 is 11.8 Å². The van der Waals surface area contributed by atoms with Crippen molar-refractivity contribution in [3.8, 4) is 0 Å². The predicted octanol–water partition coefficient (Wildman–Crippen LogP) is 8.01. The van der Waals surface area contributed by atoms with E-state index < -0.39 is 0 Å². The van der Waals surface area contributed by atoms with Crippen LogP contribution in [0.25, 0.3) is 0 Å². The molecule has 0 aliphatic carbocycles. The Morgan fingerprint density at radius 2 is 1.45 bits per heavy atom. The van der Waals surface area contributed by atoms with Gasteiger partial charge in [0.2, 0.25) is 0 Å². The van der Waals surface area contributed by atoms with Crippen LogP contribution in [0.2, 0.25) is 0 Å². The van der Waals surface area contributed by atoms with Crippen LogP contribution in [0.15, 0.2) is 83.8 Å². The highest BCUT2D eigenvalue weighted by molar-refractivity contribution is 7.99. The average molecular weight is 402 g/mol. The molecule has 3 aromatic carbocycles. The fourth-order valence-electron chi connectivity index (χ4n) is 4.28. The molecule has 2 heteroatoms. The molecule has 1 nitrogen and oxygen atoms in total. The molecule has 0 bridgehead atoms. The van der Waals surface area contributed by atoms with Gasteiger partial charge in [-0.1, -0.05) is 95.3 Å². The molecule has 0 saturated heterocycles. The van der Waals surface area contributed by atoms with Crippen LogP contribution in [-0.2, 0) is 5.41 Å². The Morgan fingerprint density at radius 1 is 0.828 bits per heavy atom. The van der Waals surface area contributed by atoms with Gasteiger partial charge in [-0.05, 0) is 40.3 Å². The van der Waals surface area contributed by atoms with Crippen LogP contribution in [0.5, 0.6) is 0 Å². The highest BCUT2D eigenvalue weighted by atomic mass is 32.2. The maximum Gasteiger partial charge on any atom is 0.0578 e. The Morgan fingerprint density at radius 3 is 2.07 bits per heavy atom. The van der Waals surface area contributed by atoms with E-state index in [1.54, 1.807) is 0 Å². The van der Waals surface area contributed by atoms with Crippen LogP contribution < -0.4 is 5.32 Å². The fourth-order valence-corrected chi connectivity index (χ4v) is 5.63. The summed E-state index contributed by atoms with van der Waals surface area (Å²) < 4.78 is 0. The van der Waals surface area contributed by atoms with Crippen molar-refractivity contribution in [1.29, 1.82) is 0 Å². The lowest BCUT2D eigenvalue weighted by Crippen LogP contribution is -2.37. The van der Waals surface area contributed by atoms with Crippen LogP contribution in [0.3, 0.4) is 0 Å². The molecule has 0 unspecified atom stereocenters. The van der Waals surface area contributed by atoms with Crippen molar-refractivity contribution in [3.63, 3.8) is 0 Å². The Kier molecular flexibility index (Phi) is 5.25. The van der Waals surface area contributed by atoms with Crippen LogP contribution in [0.1, 0.15) is 62.6 Å². The van der Waals surface area contributed by atoms with E-state index in [2.05, 4.69) is 119 Å². The summed E-state index contributed by atoms with van der Waals surface area (Å²) in [7, 11) is 0. The summed E-state index contributed by atoms with van der Waals surface area (Å²) in [6.45, 7) is 11.7. The third-order valence-electron chi connectivity index (χ3n) is 6.05. The first-order valence-electron chi connectivity index (χ1n) is 10.4. The molecule has 0 amide bonds. The van der Waals surface area contributed by atoms with Gasteiger partial charge in [0.15, 0.2) is 0 Å². The van der Waals surface area contributed by atoms with Gasteiger partial charge in [-0.2, -0.15) is 0 Å². The molecule has 1 aliphatic rings. The van der Waals surface area contributed by atoms with Gasteiger partial charge in [-0.25, -0.2) is 0 Å². The van der Waals surface area contributed by atoms with Crippen LogP contribution in [-0.4, -0.2) is 0 Å². The molecule has 4 rings (SSSR count). The zero-order valence-corrected chi connectivity index (χ0v) is 18.9. The van der Waals surface area contributed by atoms with E-state index in [0.717, 1.165) is 0 Å². The minimum atomic E-state index is 0.0331. The van der Waals surface area contributed by atoms with Gasteiger partial charge in [0, 0.05) is 21.2 Å². The molecule has 150 valence electrons. The van der Waals surface area contributed by atoms with Crippen LogP contribution in [0, 0.1) is 5.41 Å². The van der Waals surface area contributed by atoms with Gasteiger partial charge in [-0.15, -0.1) is 11.8 Å². The second-order valence-corrected chi connectivity index (χ2v) is 10.9. The van der Waals surface area contributed by atoms with Crippen molar-refractivity contribution < 1.29 is 0 Å². The van der Waals surface area contributed by atoms with E-state index in [-0.39, 0.29) is 16.9 Å². The molecule has 0 radical (unpaired) electrons. The van der Waals surface area contributed by atoms with E-state index in [9.17, 15) is 0 Å². The number of anilines is 1. The van der Waals surface area contributed by atoms with Gasteiger partial charge < -0.3 is 5.32 Å². The van der Waals surface area contributed by atoms with Gasteiger partial charge >= 0.3 is 0 Å². The lowest BCUT2D eigenvalue weighted by atomic mass is 9.71. The third kappa shape index (κ3) is 3.96. The minimum Gasteiger partial charge on any atom is -0.377 e. The van der Waals surface area contributed by atoms with E-state index in [4.69, 9.17) is 0 Å². The Labute approximate surface area is 179 Å². The van der Waals surface area contributed by atoms with Crippen molar-refractivity contribution >= 4 is 17.4 Å². The van der Waals surface area contributed by atoms with Gasteiger partial charge in [0.25, 0.3) is 0 Å². The molecule has 0 saturated carbocycles. The summed E-state index contributed by atoms with van der Waals surface area (Å²) in [6, 6.07) is 29.0. The summed E-state index contributed by atoms with van der Waals surface area (Å²) in [5.74, 6) is 0. The Balaban J connectivity index is 1.84. The molecular weight excluding hydrogens is 370 g/mol. The summed E-state index contributed by atoms with van der Waals surface area (Å²) in [5, 5.41) is 4.24. The molecule has 29 heavy (non-hydrogen) atoms. The first-order valence-corrected chi connectivity index (χ1v) is 11.3. The molecule has 0 fully saturated rings. The smallest absolute Gasteiger partial charge is 0.0578 e. The maximum atomic E-state index is 3.88. The van der Waals surface area contributed by atoms with E-state index >= 15 is 0 Å². The standard InChI is InChI=1S/C27H31NS/c1-26(2,3)20-16-17-23-22(18-20)25(29-21-14-10-7-11-15-21)27(4,5)24(28-23)19-12-8-6-9-13-19/h6-18,24-25,28H,1-5H3/t24-,25+/m1/s1. The fraction of sp³-hybridized carbons (Fsp3) is 0.333. The van der Waals surface area contributed by atoms with Crippen molar-refractivity contribution in [2.75, 3.05) is 5.32 Å². The summed E-state index contributed by atoms with van der Waals surface area (Å²) in [6.07, 6.45) is 0. The number of thioether (sulfide) groups is 1. The SMILES string of the molecule is CC(C)(C)c1ccc2c(c1)[C@H](Sc1ccccc1)C(C)(C)[C@@H](c1ccccc1)N2. The summed E-state index contributed by atoms with van der Waals surface area (Å²) in [5.41, 5.74) is 5.60. The van der Waals surface area contributed by atoms with Gasteiger partial charge in [0.05, 0.1) is 6.04 Å². The molecule has 3 aromatic rings. The Hall–Kier alpha value is -2.19. The van der Waals surface area contributed by atoms with Crippen molar-refractivity contribution in [2.24, 2.45) is 5.41 Å². The van der Waals surface area contributed by atoms with Gasteiger partial charge in [0.1, 0.15) is 0 Å². The molecule has 0 spiro atoms. The first-order chi connectivity index (χ1) is 13.8. The molecule has 1 aliphatic heterocycles. The average Bonchev–Trinajstić information content (AvgIpc) is 2.70. The minimum absolute atomic E-state index is 0.0331. The number of benzene rings is 3. The normalized spacial score (nSPS) is 20.6. The molecule has 0 aromatic heterocycles. The van der Waals surface area contributed by atoms with E-state index in [0.29, 0.717) is 5.25 Å². The summed E-state index contributed by atoms with van der Waals surface area (Å²) >= 11 is 1.99. The molecular formula is C27H31NS. The van der Waals surface area contributed by atoms with Crippen molar-refractivity contribution in [1.82, 2.24) is 0 Å². The highest BCUT2D eigenvalue weighted by Crippen LogP contribution is 2.59. The zero-order chi connectivity index (χ0) is 20.6. The Bertz CT molecular complexity index is 970. The topological polar surface area (TPSA) is 12.0 Å².